The van der Waals surface area contributed by atoms with E-state index in [1.54, 1.807) is 6.92 Å². The number of nitrogens with zero attached hydrogens (tertiary/aromatic N) is 1. The highest BCUT2D eigenvalue weighted by Crippen LogP contribution is 2.31. The van der Waals surface area contributed by atoms with Gasteiger partial charge in [0.1, 0.15) is 5.57 Å². The van der Waals surface area contributed by atoms with E-state index in [2.05, 4.69) is 5.32 Å². The van der Waals surface area contributed by atoms with Crippen LogP contribution >= 0.6 is 23.2 Å². The van der Waals surface area contributed by atoms with Crippen molar-refractivity contribution in [2.24, 2.45) is 0 Å². The molecule has 0 unspecified atom stereocenters. The molecular weight excluding hydrogens is 407 g/mol. The average molecular weight is 421 g/mol. The zero-order valence-corrected chi connectivity index (χ0v) is 16.0. The maximum atomic E-state index is 12.8. The van der Waals surface area contributed by atoms with Gasteiger partial charge < -0.3 is 9.84 Å². The van der Waals surface area contributed by atoms with Crippen molar-refractivity contribution < 1.29 is 24.2 Å². The number of phenolic OH excluding ortho intramolecular Hbond substituents is 1. The van der Waals surface area contributed by atoms with E-state index in [9.17, 15) is 19.5 Å². The highest BCUT2D eigenvalue weighted by molar-refractivity contribution is 6.43. The molecule has 1 heterocycles. The summed E-state index contributed by atoms with van der Waals surface area (Å²) in [5.74, 6) is -1.52. The molecule has 28 heavy (non-hydrogen) atoms. The number of barbiturate groups is 1. The van der Waals surface area contributed by atoms with Gasteiger partial charge in [-0.1, -0.05) is 29.3 Å². The summed E-state index contributed by atoms with van der Waals surface area (Å²) in [6.07, 6.45) is 1.30. The molecule has 0 aromatic heterocycles. The number of urea groups is 1. The predicted molar refractivity (Wildman–Crippen MR) is 105 cm³/mol. The first-order valence-corrected chi connectivity index (χ1v) is 8.89. The third-order valence-corrected chi connectivity index (χ3v) is 4.60. The van der Waals surface area contributed by atoms with E-state index in [0.29, 0.717) is 12.2 Å². The highest BCUT2D eigenvalue weighted by atomic mass is 35.5. The number of rotatable bonds is 4. The number of amides is 4. The molecule has 2 aromatic rings. The molecule has 0 atom stereocenters. The molecule has 2 N–H and O–H groups in total. The number of halogens is 2. The van der Waals surface area contributed by atoms with Crippen LogP contribution < -0.4 is 15.0 Å². The van der Waals surface area contributed by atoms with E-state index in [1.807, 2.05) is 0 Å². The fourth-order valence-electron chi connectivity index (χ4n) is 2.57. The van der Waals surface area contributed by atoms with E-state index in [0.717, 1.165) is 4.90 Å². The third-order valence-electron chi connectivity index (χ3n) is 3.86. The van der Waals surface area contributed by atoms with Crippen molar-refractivity contribution in [3.05, 3.63) is 57.6 Å². The summed E-state index contributed by atoms with van der Waals surface area (Å²) in [4.78, 5) is 38.1. The Balaban J connectivity index is 2.01. The number of carbonyl (C=O) groups is 3. The SMILES string of the molecule is CCOc1cc(C=C2C(=O)NC(=O)N(c3ccc(Cl)c(Cl)c3)C2=O)ccc1O. The fraction of sp³-hybridized carbons (Fsp3) is 0.105. The summed E-state index contributed by atoms with van der Waals surface area (Å²) >= 11 is 11.8. The number of benzene rings is 2. The van der Waals surface area contributed by atoms with Crippen molar-refractivity contribution in [3.8, 4) is 11.5 Å². The lowest BCUT2D eigenvalue weighted by Gasteiger charge is -2.26. The molecule has 144 valence electrons. The van der Waals surface area contributed by atoms with Gasteiger partial charge >= 0.3 is 6.03 Å². The standard InChI is InChI=1S/C19H14Cl2N2O5/c1-2-28-16-8-10(3-6-15(16)24)7-12-17(25)22-19(27)23(18(12)26)11-4-5-13(20)14(21)9-11/h3-9,24H,2H2,1H3,(H,22,25,27). The summed E-state index contributed by atoms with van der Waals surface area (Å²) in [5, 5.41) is 12.3. The minimum absolute atomic E-state index is 0.0731. The molecule has 1 aliphatic rings. The van der Waals surface area contributed by atoms with E-state index in [1.165, 1.54) is 42.5 Å². The molecule has 7 nitrogen and oxygen atoms in total. The Morgan fingerprint density at radius 3 is 2.54 bits per heavy atom. The Morgan fingerprint density at radius 2 is 1.86 bits per heavy atom. The molecule has 2 aromatic carbocycles. The van der Waals surface area contributed by atoms with Gasteiger partial charge in [0.05, 0.1) is 22.3 Å². The molecule has 0 saturated carbocycles. The lowest BCUT2D eigenvalue weighted by molar-refractivity contribution is -0.122. The van der Waals surface area contributed by atoms with Gasteiger partial charge in [-0.05, 0) is 48.9 Å². The molecule has 0 aliphatic carbocycles. The average Bonchev–Trinajstić information content (AvgIpc) is 2.64. The number of aromatic hydroxyl groups is 1. The summed E-state index contributed by atoms with van der Waals surface area (Å²) in [6, 6.07) is 7.69. The lowest BCUT2D eigenvalue weighted by atomic mass is 10.1. The Bertz CT molecular complexity index is 1020. The van der Waals surface area contributed by atoms with Gasteiger partial charge in [-0.15, -0.1) is 0 Å². The second-order valence-electron chi connectivity index (χ2n) is 5.72. The normalized spacial score (nSPS) is 15.8. The lowest BCUT2D eigenvalue weighted by Crippen LogP contribution is -2.54. The molecule has 1 aliphatic heterocycles. The number of hydrogen-bond donors (Lipinski definition) is 2. The van der Waals surface area contributed by atoms with E-state index >= 15 is 0 Å². The summed E-state index contributed by atoms with van der Waals surface area (Å²) < 4.78 is 5.30. The second kappa shape index (κ2) is 7.92. The molecule has 1 saturated heterocycles. The Hall–Kier alpha value is -3.03. The molecule has 0 radical (unpaired) electrons. The molecule has 9 heteroatoms. The number of ether oxygens (including phenoxy) is 1. The van der Waals surface area contributed by atoms with Gasteiger partial charge in [0.2, 0.25) is 0 Å². The van der Waals surface area contributed by atoms with Crippen LogP contribution in [-0.2, 0) is 9.59 Å². The van der Waals surface area contributed by atoms with Crippen LogP contribution in [0.15, 0.2) is 42.0 Å². The van der Waals surface area contributed by atoms with Gasteiger partial charge in [-0.2, -0.15) is 0 Å². The van der Waals surface area contributed by atoms with Gasteiger partial charge in [0.25, 0.3) is 11.8 Å². The molecule has 3 rings (SSSR count). The zero-order chi connectivity index (χ0) is 20.4. The first-order valence-electron chi connectivity index (χ1n) is 8.14. The van der Waals surface area contributed by atoms with Gasteiger partial charge in [0, 0.05) is 0 Å². The van der Waals surface area contributed by atoms with Crippen LogP contribution in [0.2, 0.25) is 10.0 Å². The highest BCUT2D eigenvalue weighted by Gasteiger charge is 2.37. The summed E-state index contributed by atoms with van der Waals surface area (Å²) in [5.41, 5.74) is 0.331. The maximum Gasteiger partial charge on any atom is 0.335 e. The number of nitrogens with one attached hydrogen (secondary N) is 1. The first kappa shape index (κ1) is 19.7. The van der Waals surface area contributed by atoms with Crippen molar-refractivity contribution in [2.45, 2.75) is 6.92 Å². The van der Waals surface area contributed by atoms with Crippen LogP contribution in [0.25, 0.3) is 6.08 Å². The van der Waals surface area contributed by atoms with E-state index < -0.39 is 17.8 Å². The van der Waals surface area contributed by atoms with E-state index in [-0.39, 0.29) is 32.8 Å². The summed E-state index contributed by atoms with van der Waals surface area (Å²) in [7, 11) is 0. The summed E-state index contributed by atoms with van der Waals surface area (Å²) in [6.45, 7) is 2.08. The second-order valence-corrected chi connectivity index (χ2v) is 6.53. The Labute approximate surface area is 170 Å². The Kier molecular flexibility index (Phi) is 5.58. The topological polar surface area (TPSA) is 95.9 Å². The molecule has 1 fully saturated rings. The van der Waals surface area contributed by atoms with Crippen LogP contribution in [0, 0.1) is 0 Å². The molecule has 0 spiro atoms. The minimum atomic E-state index is -0.897. The quantitative estimate of drug-likeness (QED) is 0.579. The first-order chi connectivity index (χ1) is 13.3. The van der Waals surface area contributed by atoms with Crippen LogP contribution in [0.4, 0.5) is 10.5 Å². The minimum Gasteiger partial charge on any atom is -0.504 e. The molecular formula is C19H14Cl2N2O5. The number of anilines is 1. The fourth-order valence-corrected chi connectivity index (χ4v) is 2.87. The van der Waals surface area contributed by atoms with Gasteiger partial charge in [-0.25, -0.2) is 9.69 Å². The molecule has 4 amide bonds. The van der Waals surface area contributed by atoms with Crippen LogP contribution in [0.5, 0.6) is 11.5 Å². The largest absolute Gasteiger partial charge is 0.504 e. The number of imide groups is 2. The van der Waals surface area contributed by atoms with Crippen molar-refractivity contribution >= 4 is 52.8 Å². The maximum absolute atomic E-state index is 12.8. The Morgan fingerprint density at radius 1 is 1.11 bits per heavy atom. The smallest absolute Gasteiger partial charge is 0.335 e. The number of phenols is 1. The zero-order valence-electron chi connectivity index (χ0n) is 14.5. The predicted octanol–water partition coefficient (Wildman–Crippen LogP) is 3.76. The van der Waals surface area contributed by atoms with Crippen molar-refractivity contribution in [2.75, 3.05) is 11.5 Å². The van der Waals surface area contributed by atoms with Crippen LogP contribution in [-0.4, -0.2) is 29.6 Å². The van der Waals surface area contributed by atoms with Crippen LogP contribution in [0.3, 0.4) is 0 Å². The van der Waals surface area contributed by atoms with E-state index in [4.69, 9.17) is 27.9 Å². The number of hydrogen-bond acceptors (Lipinski definition) is 5. The van der Waals surface area contributed by atoms with Gasteiger partial charge in [0.15, 0.2) is 11.5 Å². The monoisotopic (exact) mass is 420 g/mol. The van der Waals surface area contributed by atoms with Crippen LogP contribution in [0.1, 0.15) is 12.5 Å². The number of carbonyl (C=O) groups excluding carboxylic acids is 3. The van der Waals surface area contributed by atoms with Crippen molar-refractivity contribution in [1.82, 2.24) is 5.32 Å². The van der Waals surface area contributed by atoms with Crippen molar-refractivity contribution in [3.63, 3.8) is 0 Å². The molecule has 0 bridgehead atoms. The third kappa shape index (κ3) is 3.81. The van der Waals surface area contributed by atoms with Gasteiger partial charge in [-0.3, -0.25) is 14.9 Å². The van der Waals surface area contributed by atoms with Crippen molar-refractivity contribution in [1.29, 1.82) is 0 Å².